The highest BCUT2D eigenvalue weighted by Gasteiger charge is 2.09. The van der Waals surface area contributed by atoms with Crippen molar-refractivity contribution < 1.29 is 14.2 Å². The molecule has 0 fully saturated rings. The van der Waals surface area contributed by atoms with E-state index in [1.807, 2.05) is 30.3 Å². The normalized spacial score (nSPS) is 10.0. The summed E-state index contributed by atoms with van der Waals surface area (Å²) < 4.78 is 16.4. The maximum Gasteiger partial charge on any atom is 0.161 e. The minimum absolute atomic E-state index is 0.324. The van der Waals surface area contributed by atoms with E-state index in [9.17, 15) is 0 Å². The first-order valence-electron chi connectivity index (χ1n) is 6.38. The van der Waals surface area contributed by atoms with Crippen molar-refractivity contribution in [2.45, 2.75) is 6.61 Å². The summed E-state index contributed by atoms with van der Waals surface area (Å²) in [5.74, 6) is 2.01. The molecular weight excluding hydrogens is 286 g/mol. The van der Waals surface area contributed by atoms with E-state index in [1.54, 1.807) is 26.4 Å². The highest BCUT2D eigenvalue weighted by atomic mass is 32.1. The Morgan fingerprint density at radius 3 is 2.38 bits per heavy atom. The number of ether oxygens (including phenoxy) is 3. The van der Waals surface area contributed by atoms with Crippen LogP contribution >= 0.6 is 12.2 Å². The summed E-state index contributed by atoms with van der Waals surface area (Å²) in [6.45, 7) is 0.382. The Morgan fingerprint density at radius 1 is 1.00 bits per heavy atom. The van der Waals surface area contributed by atoms with E-state index >= 15 is 0 Å². The van der Waals surface area contributed by atoms with Gasteiger partial charge in [-0.15, -0.1) is 0 Å². The molecule has 0 unspecified atom stereocenters. The van der Waals surface area contributed by atoms with Crippen LogP contribution in [0.15, 0.2) is 42.5 Å². The molecule has 2 N–H and O–H groups in total. The SMILES string of the molecule is COc1ccccc1COc1ccc(C(N)=S)cc1OC. The maximum absolute atomic E-state index is 5.80. The second-order valence-corrected chi connectivity index (χ2v) is 4.77. The molecule has 0 amide bonds. The number of rotatable bonds is 6. The summed E-state index contributed by atoms with van der Waals surface area (Å²) in [6.07, 6.45) is 0. The van der Waals surface area contributed by atoms with Crippen molar-refractivity contribution in [3.05, 3.63) is 53.6 Å². The Labute approximate surface area is 129 Å². The van der Waals surface area contributed by atoms with Crippen molar-refractivity contribution in [3.8, 4) is 17.2 Å². The molecule has 0 bridgehead atoms. The van der Waals surface area contributed by atoms with E-state index in [-0.39, 0.29) is 0 Å². The molecule has 0 aliphatic heterocycles. The molecule has 4 nitrogen and oxygen atoms in total. The lowest BCUT2D eigenvalue weighted by molar-refractivity contribution is 0.278. The van der Waals surface area contributed by atoms with Crippen LogP contribution in [0, 0.1) is 0 Å². The van der Waals surface area contributed by atoms with E-state index in [1.165, 1.54) is 0 Å². The van der Waals surface area contributed by atoms with Gasteiger partial charge < -0.3 is 19.9 Å². The van der Waals surface area contributed by atoms with Gasteiger partial charge in [-0.2, -0.15) is 0 Å². The fourth-order valence-corrected chi connectivity index (χ4v) is 2.04. The minimum Gasteiger partial charge on any atom is -0.496 e. The zero-order valence-corrected chi connectivity index (χ0v) is 12.8. The zero-order valence-electron chi connectivity index (χ0n) is 12.0. The van der Waals surface area contributed by atoms with Crippen LogP contribution in [0.5, 0.6) is 17.2 Å². The minimum atomic E-state index is 0.324. The van der Waals surface area contributed by atoms with Crippen LogP contribution in [0.25, 0.3) is 0 Å². The summed E-state index contributed by atoms with van der Waals surface area (Å²) in [5.41, 5.74) is 7.31. The molecule has 5 heteroatoms. The summed E-state index contributed by atoms with van der Waals surface area (Å²) >= 11 is 4.95. The molecule has 0 aliphatic rings. The summed E-state index contributed by atoms with van der Waals surface area (Å²) in [5, 5.41) is 0. The van der Waals surface area contributed by atoms with Crippen LogP contribution in [-0.2, 0) is 6.61 Å². The van der Waals surface area contributed by atoms with Gasteiger partial charge in [-0.25, -0.2) is 0 Å². The first-order valence-corrected chi connectivity index (χ1v) is 6.79. The van der Waals surface area contributed by atoms with Gasteiger partial charge in [-0.05, 0) is 24.3 Å². The molecule has 0 atom stereocenters. The van der Waals surface area contributed by atoms with Crippen molar-refractivity contribution in [2.75, 3.05) is 14.2 Å². The van der Waals surface area contributed by atoms with Gasteiger partial charge in [-0.3, -0.25) is 0 Å². The molecule has 21 heavy (non-hydrogen) atoms. The predicted octanol–water partition coefficient (Wildman–Crippen LogP) is 2.92. The van der Waals surface area contributed by atoms with Gasteiger partial charge in [0.1, 0.15) is 17.3 Å². The fourth-order valence-electron chi connectivity index (χ4n) is 1.92. The number of hydrogen-bond donors (Lipinski definition) is 1. The number of benzene rings is 2. The molecular formula is C16H17NO3S. The van der Waals surface area contributed by atoms with E-state index in [0.29, 0.717) is 23.1 Å². The Balaban J connectivity index is 2.18. The van der Waals surface area contributed by atoms with Gasteiger partial charge in [-0.1, -0.05) is 30.4 Å². The van der Waals surface area contributed by atoms with Crippen LogP contribution in [-0.4, -0.2) is 19.2 Å². The number of nitrogens with two attached hydrogens (primary N) is 1. The summed E-state index contributed by atoms with van der Waals surface area (Å²) in [4.78, 5) is 0.324. The topological polar surface area (TPSA) is 53.7 Å². The van der Waals surface area contributed by atoms with Crippen molar-refractivity contribution >= 4 is 17.2 Å². The van der Waals surface area contributed by atoms with Crippen molar-refractivity contribution in [2.24, 2.45) is 5.73 Å². The second-order valence-electron chi connectivity index (χ2n) is 4.33. The summed E-state index contributed by atoms with van der Waals surface area (Å²) in [7, 11) is 3.21. The third-order valence-corrected chi connectivity index (χ3v) is 3.26. The average molecular weight is 303 g/mol. The maximum atomic E-state index is 5.80. The van der Waals surface area contributed by atoms with Gasteiger partial charge >= 0.3 is 0 Å². The van der Waals surface area contributed by atoms with Crippen molar-refractivity contribution in [1.29, 1.82) is 0 Å². The standard InChI is InChI=1S/C16H17NO3S/c1-18-13-6-4-3-5-12(13)10-20-14-8-7-11(16(17)21)9-15(14)19-2/h3-9H,10H2,1-2H3,(H2,17,21). The Hall–Kier alpha value is -2.27. The molecule has 2 rings (SSSR count). The molecule has 0 aromatic heterocycles. The predicted molar refractivity (Wildman–Crippen MR) is 86.2 cm³/mol. The highest BCUT2D eigenvalue weighted by molar-refractivity contribution is 7.80. The Morgan fingerprint density at radius 2 is 1.71 bits per heavy atom. The quantitative estimate of drug-likeness (QED) is 0.832. The first kappa shape index (κ1) is 15.1. The first-order chi connectivity index (χ1) is 10.2. The van der Waals surface area contributed by atoms with E-state index in [4.69, 9.17) is 32.2 Å². The third kappa shape index (κ3) is 3.64. The number of methoxy groups -OCH3 is 2. The third-order valence-electron chi connectivity index (χ3n) is 3.02. The largest absolute Gasteiger partial charge is 0.496 e. The average Bonchev–Trinajstić information content (AvgIpc) is 2.52. The van der Waals surface area contributed by atoms with Crippen LogP contribution in [0.2, 0.25) is 0 Å². The fraction of sp³-hybridized carbons (Fsp3) is 0.188. The van der Waals surface area contributed by atoms with Gasteiger partial charge in [0, 0.05) is 11.1 Å². The zero-order chi connectivity index (χ0) is 15.2. The Bertz CT molecular complexity index is 643. The van der Waals surface area contributed by atoms with Crippen LogP contribution in [0.4, 0.5) is 0 Å². The number of thiocarbonyl (C=S) groups is 1. The highest BCUT2D eigenvalue weighted by Crippen LogP contribution is 2.29. The monoisotopic (exact) mass is 303 g/mol. The van der Waals surface area contributed by atoms with E-state index in [2.05, 4.69) is 0 Å². The number of hydrogen-bond acceptors (Lipinski definition) is 4. The van der Waals surface area contributed by atoms with Crippen LogP contribution < -0.4 is 19.9 Å². The molecule has 0 radical (unpaired) electrons. The van der Waals surface area contributed by atoms with E-state index < -0.39 is 0 Å². The van der Waals surface area contributed by atoms with Crippen LogP contribution in [0.3, 0.4) is 0 Å². The molecule has 2 aromatic carbocycles. The summed E-state index contributed by atoms with van der Waals surface area (Å²) in [6, 6.07) is 13.1. The smallest absolute Gasteiger partial charge is 0.161 e. The molecule has 0 aliphatic carbocycles. The molecule has 0 heterocycles. The van der Waals surface area contributed by atoms with E-state index in [0.717, 1.165) is 16.9 Å². The van der Waals surface area contributed by atoms with Crippen molar-refractivity contribution in [1.82, 2.24) is 0 Å². The van der Waals surface area contributed by atoms with Gasteiger partial charge in [0.05, 0.1) is 14.2 Å². The Kier molecular flexibility index (Phi) is 5.00. The van der Waals surface area contributed by atoms with Gasteiger partial charge in [0.25, 0.3) is 0 Å². The van der Waals surface area contributed by atoms with Gasteiger partial charge in [0.15, 0.2) is 11.5 Å². The van der Waals surface area contributed by atoms with Crippen LogP contribution in [0.1, 0.15) is 11.1 Å². The van der Waals surface area contributed by atoms with Crippen molar-refractivity contribution in [3.63, 3.8) is 0 Å². The molecule has 0 saturated heterocycles. The number of para-hydroxylation sites is 1. The molecule has 0 saturated carbocycles. The second kappa shape index (κ2) is 6.95. The lowest BCUT2D eigenvalue weighted by Crippen LogP contribution is -2.09. The molecule has 110 valence electrons. The lowest BCUT2D eigenvalue weighted by Gasteiger charge is -2.13. The lowest BCUT2D eigenvalue weighted by atomic mass is 10.2. The molecule has 2 aromatic rings. The van der Waals surface area contributed by atoms with Gasteiger partial charge in [0.2, 0.25) is 0 Å². The molecule has 0 spiro atoms.